The van der Waals surface area contributed by atoms with Gasteiger partial charge in [0, 0.05) is 38.5 Å². The zero-order chi connectivity index (χ0) is 25.4. The predicted molar refractivity (Wildman–Crippen MR) is 140 cm³/mol. The summed E-state index contributed by atoms with van der Waals surface area (Å²) in [4.78, 5) is 30.5. The zero-order valence-electron chi connectivity index (χ0n) is 21.1. The van der Waals surface area contributed by atoms with E-state index in [1.165, 1.54) is 0 Å². The lowest BCUT2D eigenvalue weighted by Crippen LogP contribution is -2.50. The molecule has 6 heteroatoms. The minimum Gasteiger partial charge on any atom is -0.496 e. The monoisotopic (exact) mass is 486 g/mol. The zero-order valence-corrected chi connectivity index (χ0v) is 21.1. The number of ether oxygens (including phenoxy) is 2. The number of likely N-dealkylation sites (tertiary alicyclic amines) is 1. The lowest BCUT2D eigenvalue weighted by Gasteiger charge is -2.43. The Hall–Kier alpha value is -3.80. The number of amides is 2. The van der Waals surface area contributed by atoms with E-state index < -0.39 is 5.41 Å². The Kier molecular flexibility index (Phi) is 8.26. The molecule has 3 aromatic rings. The van der Waals surface area contributed by atoms with Crippen LogP contribution in [0.25, 0.3) is 0 Å². The number of piperidine rings is 1. The first kappa shape index (κ1) is 25.3. The third kappa shape index (κ3) is 6.25. The third-order valence-corrected chi connectivity index (χ3v) is 6.79. The van der Waals surface area contributed by atoms with E-state index in [1.54, 1.807) is 24.1 Å². The van der Waals surface area contributed by atoms with Crippen molar-refractivity contribution in [3.05, 3.63) is 96.1 Å². The Morgan fingerprint density at radius 1 is 0.944 bits per heavy atom. The second-order valence-electron chi connectivity index (χ2n) is 9.54. The molecule has 0 N–H and O–H groups in total. The quantitative estimate of drug-likeness (QED) is 0.425. The summed E-state index contributed by atoms with van der Waals surface area (Å²) in [5.74, 6) is 1.27. The van der Waals surface area contributed by atoms with Crippen molar-refractivity contribution >= 4 is 11.8 Å². The van der Waals surface area contributed by atoms with Gasteiger partial charge in [-0.25, -0.2) is 0 Å². The van der Waals surface area contributed by atoms with Gasteiger partial charge in [0.05, 0.1) is 19.3 Å². The molecule has 0 spiro atoms. The molecular weight excluding hydrogens is 452 g/mol. The van der Waals surface area contributed by atoms with Crippen LogP contribution in [0.2, 0.25) is 0 Å². The first-order chi connectivity index (χ1) is 17.5. The van der Waals surface area contributed by atoms with Crippen molar-refractivity contribution in [3.8, 4) is 11.5 Å². The summed E-state index contributed by atoms with van der Waals surface area (Å²) in [5, 5.41) is 0. The average molecular weight is 487 g/mol. The lowest BCUT2D eigenvalue weighted by molar-refractivity contribution is -0.134. The molecule has 188 valence electrons. The molecule has 0 saturated carbocycles. The molecule has 1 fully saturated rings. The van der Waals surface area contributed by atoms with Crippen molar-refractivity contribution in [2.75, 3.05) is 33.9 Å². The van der Waals surface area contributed by atoms with Gasteiger partial charge in [-0.1, -0.05) is 60.7 Å². The normalized spacial score (nSPS) is 17.3. The van der Waals surface area contributed by atoms with Crippen LogP contribution in [0.4, 0.5) is 0 Å². The molecule has 36 heavy (non-hydrogen) atoms. The molecule has 0 unspecified atom stereocenters. The van der Waals surface area contributed by atoms with Gasteiger partial charge in [0.2, 0.25) is 5.91 Å². The number of para-hydroxylation sites is 2. The van der Waals surface area contributed by atoms with E-state index in [0.29, 0.717) is 44.0 Å². The van der Waals surface area contributed by atoms with Gasteiger partial charge in [-0.05, 0) is 42.7 Å². The number of carbonyl (C=O) groups is 2. The van der Waals surface area contributed by atoms with Crippen LogP contribution in [0.5, 0.6) is 11.5 Å². The highest BCUT2D eigenvalue weighted by atomic mass is 16.5. The number of carbonyl (C=O) groups excluding carboxylic acids is 2. The fourth-order valence-corrected chi connectivity index (χ4v) is 4.84. The molecule has 1 saturated heterocycles. The van der Waals surface area contributed by atoms with E-state index in [0.717, 1.165) is 24.2 Å². The van der Waals surface area contributed by atoms with E-state index in [-0.39, 0.29) is 11.8 Å². The molecule has 0 aromatic heterocycles. The lowest BCUT2D eigenvalue weighted by atomic mass is 9.77. The van der Waals surface area contributed by atoms with Gasteiger partial charge in [0.1, 0.15) is 11.5 Å². The molecule has 0 radical (unpaired) electrons. The van der Waals surface area contributed by atoms with Crippen LogP contribution in [0, 0.1) is 5.41 Å². The third-order valence-electron chi connectivity index (χ3n) is 6.79. The summed E-state index contributed by atoms with van der Waals surface area (Å²) in [6, 6.07) is 26.9. The van der Waals surface area contributed by atoms with E-state index in [4.69, 9.17) is 9.47 Å². The van der Waals surface area contributed by atoms with Crippen LogP contribution in [0.3, 0.4) is 0 Å². The number of rotatable bonds is 9. The van der Waals surface area contributed by atoms with Gasteiger partial charge in [-0.15, -0.1) is 0 Å². The molecule has 0 bridgehead atoms. The second-order valence-corrected chi connectivity index (χ2v) is 9.54. The van der Waals surface area contributed by atoms with E-state index in [9.17, 15) is 9.59 Å². The Morgan fingerprint density at radius 2 is 1.61 bits per heavy atom. The van der Waals surface area contributed by atoms with Crippen molar-refractivity contribution < 1.29 is 19.1 Å². The summed E-state index contributed by atoms with van der Waals surface area (Å²) in [5.41, 5.74) is 1.13. The van der Waals surface area contributed by atoms with Gasteiger partial charge in [0.15, 0.2) is 0 Å². The summed E-state index contributed by atoms with van der Waals surface area (Å²) < 4.78 is 11.6. The molecule has 0 aliphatic carbocycles. The SMILES string of the molecule is COc1ccccc1C(=O)N1CCC[C@](COc2ccccc2)(CC(=O)N(C)Cc2ccccc2)C1. The molecule has 6 nitrogen and oxygen atoms in total. The topological polar surface area (TPSA) is 59.1 Å². The van der Waals surface area contributed by atoms with Crippen molar-refractivity contribution in [1.82, 2.24) is 9.80 Å². The van der Waals surface area contributed by atoms with Crippen molar-refractivity contribution in [2.24, 2.45) is 5.41 Å². The molecule has 1 heterocycles. The number of nitrogens with zero attached hydrogens (tertiary/aromatic N) is 2. The predicted octanol–water partition coefficient (Wildman–Crippen LogP) is 5.05. The fraction of sp³-hybridized carbons (Fsp3) is 0.333. The molecule has 1 aliphatic heterocycles. The van der Waals surface area contributed by atoms with Crippen molar-refractivity contribution in [2.45, 2.75) is 25.8 Å². The highest BCUT2D eigenvalue weighted by Gasteiger charge is 2.41. The number of hydrogen-bond acceptors (Lipinski definition) is 4. The van der Waals surface area contributed by atoms with Gasteiger partial charge >= 0.3 is 0 Å². The van der Waals surface area contributed by atoms with Gasteiger partial charge in [-0.2, -0.15) is 0 Å². The summed E-state index contributed by atoms with van der Waals surface area (Å²) in [7, 11) is 3.41. The molecule has 1 atom stereocenters. The Morgan fingerprint density at radius 3 is 2.33 bits per heavy atom. The molecule has 4 rings (SSSR count). The number of methoxy groups -OCH3 is 1. The first-order valence-corrected chi connectivity index (χ1v) is 12.4. The Bertz CT molecular complexity index is 1150. The van der Waals surface area contributed by atoms with Crippen LogP contribution in [-0.4, -0.2) is 55.5 Å². The smallest absolute Gasteiger partial charge is 0.257 e. The van der Waals surface area contributed by atoms with Crippen LogP contribution >= 0.6 is 0 Å². The van der Waals surface area contributed by atoms with Gasteiger partial charge < -0.3 is 19.3 Å². The maximum atomic E-state index is 13.5. The first-order valence-electron chi connectivity index (χ1n) is 12.4. The van der Waals surface area contributed by atoms with Gasteiger partial charge in [-0.3, -0.25) is 9.59 Å². The highest BCUT2D eigenvalue weighted by Crippen LogP contribution is 2.36. The molecule has 1 aliphatic rings. The highest BCUT2D eigenvalue weighted by molar-refractivity contribution is 5.97. The van der Waals surface area contributed by atoms with Crippen molar-refractivity contribution in [1.29, 1.82) is 0 Å². The van der Waals surface area contributed by atoms with Crippen LogP contribution in [-0.2, 0) is 11.3 Å². The Balaban J connectivity index is 1.54. The minimum absolute atomic E-state index is 0.0436. The van der Waals surface area contributed by atoms with Crippen molar-refractivity contribution in [3.63, 3.8) is 0 Å². The second kappa shape index (κ2) is 11.8. The van der Waals surface area contributed by atoms with Gasteiger partial charge in [0.25, 0.3) is 5.91 Å². The van der Waals surface area contributed by atoms with Crippen LogP contribution in [0.15, 0.2) is 84.9 Å². The molecular formula is C30H34N2O4. The van der Waals surface area contributed by atoms with Crippen LogP contribution < -0.4 is 9.47 Å². The standard InChI is InChI=1S/C30H34N2O4/c1-31(21-24-12-5-3-6-13-24)28(33)20-30(23-36-25-14-7-4-8-15-25)18-11-19-32(22-30)29(34)26-16-9-10-17-27(26)35-2/h3-10,12-17H,11,18-23H2,1-2H3/t30-/m0/s1. The average Bonchev–Trinajstić information content (AvgIpc) is 2.92. The largest absolute Gasteiger partial charge is 0.496 e. The maximum absolute atomic E-state index is 13.5. The number of benzene rings is 3. The fourth-order valence-electron chi connectivity index (χ4n) is 4.84. The molecule has 3 aromatic carbocycles. The number of hydrogen-bond donors (Lipinski definition) is 0. The molecule has 2 amide bonds. The Labute approximate surface area is 213 Å². The minimum atomic E-state index is -0.492. The maximum Gasteiger partial charge on any atom is 0.257 e. The summed E-state index contributed by atoms with van der Waals surface area (Å²) in [6.07, 6.45) is 1.91. The summed E-state index contributed by atoms with van der Waals surface area (Å²) >= 11 is 0. The van der Waals surface area contributed by atoms with Crippen LogP contribution in [0.1, 0.15) is 35.2 Å². The van der Waals surface area contributed by atoms with E-state index in [1.807, 2.05) is 84.7 Å². The summed E-state index contributed by atoms with van der Waals surface area (Å²) in [6.45, 7) is 1.98. The van der Waals surface area contributed by atoms with E-state index in [2.05, 4.69) is 0 Å². The van der Waals surface area contributed by atoms with E-state index >= 15 is 0 Å².